The number of carbonyl (C=O) groups excluding carboxylic acids is 1. The third kappa shape index (κ3) is 3.77. The molecule has 2 aromatic rings. The normalized spacial score (nSPS) is 23.0. The van der Waals surface area contributed by atoms with Gasteiger partial charge in [0.2, 0.25) is 0 Å². The van der Waals surface area contributed by atoms with Gasteiger partial charge in [0.25, 0.3) is 5.91 Å². The van der Waals surface area contributed by atoms with E-state index in [4.69, 9.17) is 0 Å². The maximum atomic E-state index is 13.1. The molecule has 1 aromatic carbocycles. The first-order valence-corrected chi connectivity index (χ1v) is 9.95. The fourth-order valence-electron chi connectivity index (χ4n) is 4.34. The summed E-state index contributed by atoms with van der Waals surface area (Å²) in [4.78, 5) is 17.5. The van der Waals surface area contributed by atoms with Crippen LogP contribution in [0.4, 0.5) is 0 Å². The Bertz CT molecular complexity index is 787. The zero-order chi connectivity index (χ0) is 18.8. The van der Waals surface area contributed by atoms with Crippen LogP contribution in [0.2, 0.25) is 0 Å². The molecule has 6 heteroatoms. The van der Waals surface area contributed by atoms with Crippen LogP contribution in [0.25, 0.3) is 0 Å². The number of likely N-dealkylation sites (tertiary alicyclic amines) is 1. The number of nitrogens with zero attached hydrogens (tertiary/aromatic N) is 3. The highest BCUT2D eigenvalue weighted by Crippen LogP contribution is 2.25. The molecular formula is C21H29N5O. The maximum Gasteiger partial charge on any atom is 0.274 e. The Morgan fingerprint density at radius 3 is 2.93 bits per heavy atom. The quantitative estimate of drug-likeness (QED) is 0.869. The van der Waals surface area contributed by atoms with E-state index in [1.54, 1.807) is 0 Å². The summed E-state index contributed by atoms with van der Waals surface area (Å²) >= 11 is 0. The van der Waals surface area contributed by atoms with Gasteiger partial charge in [0.05, 0.1) is 0 Å². The summed E-state index contributed by atoms with van der Waals surface area (Å²) in [6, 6.07) is 11.3. The highest BCUT2D eigenvalue weighted by Gasteiger charge is 2.32. The molecule has 4 rings (SSSR count). The van der Waals surface area contributed by atoms with Crippen LogP contribution < -0.4 is 5.32 Å². The Kier molecular flexibility index (Phi) is 5.27. The molecule has 1 fully saturated rings. The van der Waals surface area contributed by atoms with Gasteiger partial charge in [-0.1, -0.05) is 30.3 Å². The number of carbonyl (C=O) groups is 1. The van der Waals surface area contributed by atoms with Gasteiger partial charge in [-0.3, -0.25) is 14.8 Å². The molecule has 144 valence electrons. The van der Waals surface area contributed by atoms with Crippen molar-refractivity contribution in [2.75, 3.05) is 20.1 Å². The zero-order valence-electron chi connectivity index (χ0n) is 16.2. The molecule has 0 radical (unpaired) electrons. The predicted molar refractivity (Wildman–Crippen MR) is 105 cm³/mol. The average Bonchev–Trinajstić information content (AvgIpc) is 3.13. The molecule has 2 atom stereocenters. The van der Waals surface area contributed by atoms with Gasteiger partial charge in [0, 0.05) is 63.0 Å². The number of hydrogen-bond donors (Lipinski definition) is 2. The molecule has 1 aromatic heterocycles. The van der Waals surface area contributed by atoms with Gasteiger partial charge in [-0.25, -0.2) is 0 Å². The van der Waals surface area contributed by atoms with E-state index in [9.17, 15) is 4.79 Å². The Hall–Kier alpha value is -2.18. The number of rotatable bonds is 4. The van der Waals surface area contributed by atoms with Gasteiger partial charge in [0.15, 0.2) is 5.69 Å². The van der Waals surface area contributed by atoms with Gasteiger partial charge >= 0.3 is 0 Å². The number of fused-ring (bicyclic) bond motifs is 1. The van der Waals surface area contributed by atoms with E-state index in [-0.39, 0.29) is 11.9 Å². The molecule has 2 N–H and O–H groups in total. The maximum absolute atomic E-state index is 13.1. The number of benzene rings is 1. The van der Waals surface area contributed by atoms with E-state index < -0.39 is 0 Å². The summed E-state index contributed by atoms with van der Waals surface area (Å²) in [6.07, 6.45) is 2.92. The van der Waals surface area contributed by atoms with Crippen LogP contribution in [0.3, 0.4) is 0 Å². The second kappa shape index (κ2) is 7.82. The van der Waals surface area contributed by atoms with Gasteiger partial charge in [-0.2, -0.15) is 5.10 Å². The number of aromatic amines is 1. The highest BCUT2D eigenvalue weighted by atomic mass is 16.2. The van der Waals surface area contributed by atoms with Gasteiger partial charge in [-0.05, 0) is 25.3 Å². The van der Waals surface area contributed by atoms with E-state index >= 15 is 0 Å². The van der Waals surface area contributed by atoms with Crippen molar-refractivity contribution in [3.8, 4) is 0 Å². The number of amides is 1. The molecule has 1 saturated heterocycles. The molecule has 6 nitrogen and oxygen atoms in total. The lowest BCUT2D eigenvalue weighted by molar-refractivity contribution is 0.0532. The van der Waals surface area contributed by atoms with Crippen molar-refractivity contribution in [1.82, 2.24) is 25.3 Å². The lowest BCUT2D eigenvalue weighted by atomic mass is 9.96. The van der Waals surface area contributed by atoms with E-state index in [0.717, 1.165) is 56.7 Å². The van der Waals surface area contributed by atoms with Crippen LogP contribution >= 0.6 is 0 Å². The van der Waals surface area contributed by atoms with Crippen molar-refractivity contribution in [1.29, 1.82) is 0 Å². The second-order valence-corrected chi connectivity index (χ2v) is 7.86. The summed E-state index contributed by atoms with van der Waals surface area (Å²) < 4.78 is 0. The fraction of sp³-hybridized carbons (Fsp3) is 0.524. The third-order valence-corrected chi connectivity index (χ3v) is 6.09. The molecule has 2 unspecified atom stereocenters. The standard InChI is InChI=1S/C21H29N5O/c1-15-12-17(9-11-26(15)14-16-6-4-3-5-7-16)25(2)21(27)20-18-13-22-10-8-19(18)23-24-20/h3-7,15,17,22H,8-14H2,1-2H3,(H,23,24). The minimum atomic E-state index is 0.0462. The lowest BCUT2D eigenvalue weighted by Crippen LogP contribution is -2.49. The van der Waals surface area contributed by atoms with Crippen LogP contribution in [-0.4, -0.2) is 58.1 Å². The molecule has 0 bridgehead atoms. The fourth-order valence-corrected chi connectivity index (χ4v) is 4.34. The lowest BCUT2D eigenvalue weighted by Gasteiger charge is -2.41. The Morgan fingerprint density at radius 2 is 2.15 bits per heavy atom. The van der Waals surface area contributed by atoms with Crippen LogP contribution in [0.5, 0.6) is 0 Å². The van der Waals surface area contributed by atoms with E-state index in [1.165, 1.54) is 5.56 Å². The van der Waals surface area contributed by atoms with Crippen LogP contribution in [-0.2, 0) is 19.5 Å². The molecule has 2 aliphatic rings. The topological polar surface area (TPSA) is 64.3 Å². The Morgan fingerprint density at radius 1 is 1.33 bits per heavy atom. The molecular weight excluding hydrogens is 338 g/mol. The summed E-state index contributed by atoms with van der Waals surface area (Å²) in [5.74, 6) is 0.0462. The minimum Gasteiger partial charge on any atom is -0.337 e. The molecule has 3 heterocycles. The smallest absolute Gasteiger partial charge is 0.274 e. The van der Waals surface area contributed by atoms with Crippen molar-refractivity contribution in [3.05, 3.63) is 52.8 Å². The SMILES string of the molecule is CC1CC(N(C)C(=O)c2n[nH]c3c2CNCC3)CCN1Cc1ccccc1. The van der Waals surface area contributed by atoms with E-state index in [0.29, 0.717) is 11.7 Å². The van der Waals surface area contributed by atoms with Gasteiger partial charge < -0.3 is 10.2 Å². The average molecular weight is 367 g/mol. The number of piperidine rings is 1. The molecule has 0 spiro atoms. The summed E-state index contributed by atoms with van der Waals surface area (Å²) in [5.41, 5.74) is 4.10. The summed E-state index contributed by atoms with van der Waals surface area (Å²) in [7, 11) is 1.93. The third-order valence-electron chi connectivity index (χ3n) is 6.09. The number of hydrogen-bond acceptors (Lipinski definition) is 4. The van der Waals surface area contributed by atoms with E-state index in [1.807, 2.05) is 11.9 Å². The zero-order valence-corrected chi connectivity index (χ0v) is 16.2. The first kappa shape index (κ1) is 18.2. The summed E-state index contributed by atoms with van der Waals surface area (Å²) in [5, 5.41) is 10.7. The number of nitrogens with one attached hydrogen (secondary N) is 2. The highest BCUT2D eigenvalue weighted by molar-refractivity contribution is 5.94. The molecule has 27 heavy (non-hydrogen) atoms. The van der Waals surface area contributed by atoms with Crippen molar-refractivity contribution >= 4 is 5.91 Å². The van der Waals surface area contributed by atoms with Crippen molar-refractivity contribution in [3.63, 3.8) is 0 Å². The van der Waals surface area contributed by atoms with Crippen molar-refractivity contribution < 1.29 is 4.79 Å². The number of H-pyrrole nitrogens is 1. The first-order chi connectivity index (χ1) is 13.1. The van der Waals surface area contributed by atoms with Gasteiger partial charge in [-0.15, -0.1) is 0 Å². The van der Waals surface area contributed by atoms with Crippen molar-refractivity contribution in [2.24, 2.45) is 0 Å². The Balaban J connectivity index is 1.39. The van der Waals surface area contributed by atoms with Crippen molar-refractivity contribution in [2.45, 2.75) is 51.4 Å². The molecule has 0 aliphatic carbocycles. The first-order valence-electron chi connectivity index (χ1n) is 9.95. The molecule has 0 saturated carbocycles. The predicted octanol–water partition coefficient (Wildman–Crippen LogP) is 2.18. The molecule has 2 aliphatic heterocycles. The Labute approximate surface area is 160 Å². The monoisotopic (exact) mass is 367 g/mol. The van der Waals surface area contributed by atoms with Gasteiger partial charge in [0.1, 0.15) is 0 Å². The number of aromatic nitrogens is 2. The van der Waals surface area contributed by atoms with Crippen LogP contribution in [0, 0.1) is 0 Å². The molecule has 1 amide bonds. The van der Waals surface area contributed by atoms with Crippen LogP contribution in [0.1, 0.15) is 47.1 Å². The summed E-state index contributed by atoms with van der Waals surface area (Å²) in [6.45, 7) is 5.93. The van der Waals surface area contributed by atoms with Crippen LogP contribution in [0.15, 0.2) is 30.3 Å². The minimum absolute atomic E-state index is 0.0462. The second-order valence-electron chi connectivity index (χ2n) is 7.86. The largest absolute Gasteiger partial charge is 0.337 e. The van der Waals surface area contributed by atoms with E-state index in [2.05, 4.69) is 57.7 Å².